The molecule has 0 heterocycles. The maximum atomic E-state index is 11.5. The predicted molar refractivity (Wildman–Crippen MR) is 76.1 cm³/mol. The second kappa shape index (κ2) is 5.88. The fourth-order valence-corrected chi connectivity index (χ4v) is 2.43. The van der Waals surface area contributed by atoms with Crippen molar-refractivity contribution in [3.63, 3.8) is 0 Å². The molecule has 1 unspecified atom stereocenters. The summed E-state index contributed by atoms with van der Waals surface area (Å²) in [6.45, 7) is 0. The van der Waals surface area contributed by atoms with Gasteiger partial charge in [0, 0.05) is 12.7 Å². The summed E-state index contributed by atoms with van der Waals surface area (Å²) in [5, 5.41) is 20.4. The van der Waals surface area contributed by atoms with E-state index in [1.165, 1.54) is 13.2 Å². The Balaban J connectivity index is 2.46. The average Bonchev–Trinajstić information content (AvgIpc) is 2.48. The van der Waals surface area contributed by atoms with Crippen LogP contribution in [0.15, 0.2) is 48.1 Å². The first-order chi connectivity index (χ1) is 9.99. The van der Waals surface area contributed by atoms with Gasteiger partial charge in [0.25, 0.3) is 0 Å². The number of hydrogen-bond donors (Lipinski definition) is 1. The zero-order valence-corrected chi connectivity index (χ0v) is 11.5. The summed E-state index contributed by atoms with van der Waals surface area (Å²) in [5.41, 5.74) is -0.0879. The minimum atomic E-state index is -1.82. The van der Waals surface area contributed by atoms with E-state index in [-0.39, 0.29) is 12.0 Å². The smallest absolute Gasteiger partial charge is 0.352 e. The normalized spacial score (nSPS) is 21.4. The molecular weight excluding hydrogens is 274 g/mol. The largest absolute Gasteiger partial charge is 0.481 e. The van der Waals surface area contributed by atoms with Gasteiger partial charge in [0.2, 0.25) is 0 Å². The van der Waals surface area contributed by atoms with Crippen LogP contribution in [0.25, 0.3) is 5.57 Å². The van der Waals surface area contributed by atoms with Gasteiger partial charge in [-0.25, -0.2) is 0 Å². The van der Waals surface area contributed by atoms with Gasteiger partial charge < -0.3 is 9.84 Å². The molecule has 21 heavy (non-hydrogen) atoms. The van der Waals surface area contributed by atoms with Gasteiger partial charge in [-0.05, 0) is 11.1 Å². The second-order valence-electron chi connectivity index (χ2n) is 4.74. The summed E-state index contributed by atoms with van der Waals surface area (Å²) >= 11 is 0. The molecule has 1 atom stereocenters. The molecule has 0 aliphatic heterocycles. The third-order valence-corrected chi connectivity index (χ3v) is 3.54. The van der Waals surface area contributed by atoms with Crippen LogP contribution in [0.3, 0.4) is 0 Å². The van der Waals surface area contributed by atoms with E-state index in [9.17, 15) is 14.9 Å². The molecule has 0 amide bonds. The molecule has 1 N–H and O–H groups in total. The maximum Gasteiger partial charge on any atom is 0.352 e. The van der Waals surface area contributed by atoms with E-state index in [4.69, 9.17) is 9.84 Å². The number of methoxy groups -OCH3 is 1. The number of hydrogen-bond acceptors (Lipinski definition) is 4. The van der Waals surface area contributed by atoms with Crippen molar-refractivity contribution in [1.82, 2.24) is 0 Å². The van der Waals surface area contributed by atoms with Gasteiger partial charge in [-0.3, -0.25) is 14.9 Å². The summed E-state index contributed by atoms with van der Waals surface area (Å²) in [7, 11) is 1.23. The summed E-state index contributed by atoms with van der Waals surface area (Å²) in [6, 6.07) is 9.24. The molecule has 1 aliphatic rings. The molecule has 0 spiro atoms. The van der Waals surface area contributed by atoms with Crippen molar-refractivity contribution in [3.05, 3.63) is 63.7 Å². The standard InChI is InChI=1S/C15H15NO5/c1-21-15(16(19)20)10-12(11-5-3-2-4-6-11)7-8-13(15)9-14(17)18/h2-8H,9-10H2,1H3,(H,17,18). The lowest BCUT2D eigenvalue weighted by molar-refractivity contribution is -0.613. The molecule has 0 fully saturated rings. The molecular formula is C15H15NO5. The molecule has 110 valence electrons. The first-order valence-corrected chi connectivity index (χ1v) is 6.36. The number of carboxylic acid groups (broad SMARTS) is 1. The monoisotopic (exact) mass is 289 g/mol. The van der Waals surface area contributed by atoms with Gasteiger partial charge in [-0.15, -0.1) is 0 Å². The number of allylic oxidation sites excluding steroid dienone is 2. The number of carboxylic acids is 1. The van der Waals surface area contributed by atoms with Crippen LogP contribution >= 0.6 is 0 Å². The lowest BCUT2D eigenvalue weighted by atomic mass is 9.85. The Morgan fingerprint density at radius 1 is 1.38 bits per heavy atom. The van der Waals surface area contributed by atoms with Gasteiger partial charge in [-0.1, -0.05) is 42.5 Å². The van der Waals surface area contributed by atoms with Gasteiger partial charge in [0.05, 0.1) is 17.8 Å². The third kappa shape index (κ3) is 2.85. The molecule has 0 radical (unpaired) electrons. The lowest BCUT2D eigenvalue weighted by Gasteiger charge is -2.29. The number of aliphatic carboxylic acids is 1. The lowest BCUT2D eigenvalue weighted by Crippen LogP contribution is -2.44. The van der Waals surface area contributed by atoms with E-state index in [2.05, 4.69) is 0 Å². The van der Waals surface area contributed by atoms with Gasteiger partial charge in [0.15, 0.2) is 0 Å². The van der Waals surface area contributed by atoms with Crippen LogP contribution < -0.4 is 0 Å². The Kier molecular flexibility index (Phi) is 4.18. The van der Waals surface area contributed by atoms with Crippen molar-refractivity contribution in [2.24, 2.45) is 0 Å². The van der Waals surface area contributed by atoms with Crippen LogP contribution in [0.4, 0.5) is 0 Å². The van der Waals surface area contributed by atoms with Crippen molar-refractivity contribution in [2.45, 2.75) is 18.6 Å². The molecule has 0 aromatic heterocycles. The van der Waals surface area contributed by atoms with E-state index in [1.54, 1.807) is 6.08 Å². The molecule has 1 aromatic carbocycles. The Labute approximate surface area is 121 Å². The number of benzene rings is 1. The Hall–Kier alpha value is -2.47. The van der Waals surface area contributed by atoms with E-state index >= 15 is 0 Å². The second-order valence-corrected chi connectivity index (χ2v) is 4.74. The number of nitro groups is 1. The molecule has 1 aliphatic carbocycles. The van der Waals surface area contributed by atoms with Crippen molar-refractivity contribution >= 4 is 11.5 Å². The average molecular weight is 289 g/mol. The number of nitrogens with zero attached hydrogens (tertiary/aromatic N) is 1. The Morgan fingerprint density at radius 3 is 2.57 bits per heavy atom. The summed E-state index contributed by atoms with van der Waals surface area (Å²) in [5.74, 6) is -1.12. The number of rotatable bonds is 5. The molecule has 0 bridgehead atoms. The summed E-state index contributed by atoms with van der Waals surface area (Å²) in [6.07, 6.45) is 2.77. The van der Waals surface area contributed by atoms with Gasteiger partial charge in [-0.2, -0.15) is 0 Å². The Morgan fingerprint density at radius 2 is 2.05 bits per heavy atom. The highest BCUT2D eigenvalue weighted by Gasteiger charge is 2.49. The van der Waals surface area contributed by atoms with Crippen LogP contribution in [-0.2, 0) is 9.53 Å². The third-order valence-electron chi connectivity index (χ3n) is 3.54. The minimum absolute atomic E-state index is 0.000370. The van der Waals surface area contributed by atoms with Crippen molar-refractivity contribution in [3.8, 4) is 0 Å². The summed E-state index contributed by atoms with van der Waals surface area (Å²) in [4.78, 5) is 21.8. The first kappa shape index (κ1) is 14.9. The molecule has 6 nitrogen and oxygen atoms in total. The zero-order valence-electron chi connectivity index (χ0n) is 11.5. The number of ether oxygens (including phenoxy) is 1. The minimum Gasteiger partial charge on any atom is -0.481 e. The fraction of sp³-hybridized carbons (Fsp3) is 0.267. The van der Waals surface area contributed by atoms with Crippen LogP contribution in [0.5, 0.6) is 0 Å². The highest BCUT2D eigenvalue weighted by Crippen LogP contribution is 2.38. The zero-order chi connectivity index (χ0) is 15.5. The van der Waals surface area contributed by atoms with Crippen LogP contribution in [0.1, 0.15) is 18.4 Å². The molecule has 6 heteroatoms. The number of carbonyl (C=O) groups is 1. The van der Waals surface area contributed by atoms with Gasteiger partial charge in [0.1, 0.15) is 0 Å². The van der Waals surface area contributed by atoms with E-state index in [1.807, 2.05) is 30.3 Å². The molecule has 2 rings (SSSR count). The van der Waals surface area contributed by atoms with E-state index in [0.717, 1.165) is 11.1 Å². The Bertz CT molecular complexity index is 620. The van der Waals surface area contributed by atoms with Crippen LogP contribution in [0, 0.1) is 10.1 Å². The highest BCUT2D eigenvalue weighted by atomic mass is 16.7. The highest BCUT2D eigenvalue weighted by molar-refractivity contribution is 5.74. The molecule has 0 saturated heterocycles. The molecule has 0 saturated carbocycles. The topological polar surface area (TPSA) is 89.7 Å². The van der Waals surface area contributed by atoms with E-state index < -0.39 is 23.0 Å². The summed E-state index contributed by atoms with van der Waals surface area (Å²) < 4.78 is 5.13. The fourth-order valence-electron chi connectivity index (χ4n) is 2.43. The SMILES string of the molecule is COC1([N+](=O)[O-])CC(c2ccccc2)=CC=C1CC(=O)O. The van der Waals surface area contributed by atoms with Crippen molar-refractivity contribution in [1.29, 1.82) is 0 Å². The quantitative estimate of drug-likeness (QED) is 0.511. The van der Waals surface area contributed by atoms with Crippen LogP contribution in [0.2, 0.25) is 0 Å². The van der Waals surface area contributed by atoms with Crippen molar-refractivity contribution < 1.29 is 19.6 Å². The maximum absolute atomic E-state index is 11.5. The predicted octanol–water partition coefficient (Wildman–Crippen LogP) is 2.49. The van der Waals surface area contributed by atoms with Crippen LogP contribution in [-0.4, -0.2) is 28.8 Å². The van der Waals surface area contributed by atoms with E-state index in [0.29, 0.717) is 0 Å². The molecule has 1 aromatic rings. The van der Waals surface area contributed by atoms with Gasteiger partial charge >= 0.3 is 11.7 Å². The van der Waals surface area contributed by atoms with Crippen molar-refractivity contribution in [2.75, 3.05) is 7.11 Å². The first-order valence-electron chi connectivity index (χ1n) is 6.36.